The lowest BCUT2D eigenvalue weighted by atomic mass is 10.0. The van der Waals surface area contributed by atoms with E-state index in [1.54, 1.807) is 18.3 Å². The van der Waals surface area contributed by atoms with Crippen LogP contribution in [0.15, 0.2) is 48.7 Å². The molecule has 4 heteroatoms. The molecule has 0 saturated carbocycles. The third kappa shape index (κ3) is 3.36. The molecule has 0 radical (unpaired) electrons. The molecule has 3 nitrogen and oxygen atoms in total. The maximum atomic E-state index is 13.1. The summed E-state index contributed by atoms with van der Waals surface area (Å²) in [5.41, 5.74) is 5.32. The number of nitriles is 1. The fourth-order valence-corrected chi connectivity index (χ4v) is 2.89. The number of hydrogen-bond acceptors (Lipinski definition) is 2. The molecule has 0 amide bonds. The van der Waals surface area contributed by atoms with Gasteiger partial charge in [-0.05, 0) is 73.9 Å². The maximum Gasteiger partial charge on any atom is 0.137 e. The molecule has 2 aromatic heterocycles. The minimum atomic E-state index is -0.315. The van der Waals surface area contributed by atoms with E-state index >= 15 is 0 Å². The lowest BCUT2D eigenvalue weighted by Crippen LogP contribution is -2.01. The van der Waals surface area contributed by atoms with Gasteiger partial charge in [0.1, 0.15) is 11.6 Å². The summed E-state index contributed by atoms with van der Waals surface area (Å²) in [6.45, 7) is 6.04. The summed E-state index contributed by atoms with van der Waals surface area (Å²) in [7, 11) is 0. The van der Waals surface area contributed by atoms with Crippen LogP contribution in [-0.2, 0) is 0 Å². The molecule has 2 heterocycles. The third-order valence-corrected chi connectivity index (χ3v) is 4.18. The van der Waals surface area contributed by atoms with Gasteiger partial charge in [-0.3, -0.25) is 0 Å². The molecule has 0 spiro atoms. The van der Waals surface area contributed by atoms with Crippen LogP contribution in [0.25, 0.3) is 17.5 Å². The first-order valence-electron chi connectivity index (χ1n) is 7.99. The van der Waals surface area contributed by atoms with Gasteiger partial charge in [0.05, 0.1) is 11.6 Å². The molecule has 0 atom stereocenters. The highest BCUT2D eigenvalue weighted by atomic mass is 19.1. The van der Waals surface area contributed by atoms with Crippen molar-refractivity contribution in [2.24, 2.45) is 0 Å². The number of nitrogens with zero attached hydrogens (tertiary/aromatic N) is 3. The van der Waals surface area contributed by atoms with Crippen LogP contribution in [0.4, 0.5) is 4.39 Å². The normalized spacial score (nSPS) is 11.4. The molecule has 1 aromatic carbocycles. The maximum absolute atomic E-state index is 13.1. The molecule has 0 N–H and O–H groups in total. The first kappa shape index (κ1) is 16.7. The lowest BCUT2D eigenvalue weighted by Gasteiger charge is -2.09. The van der Waals surface area contributed by atoms with E-state index in [2.05, 4.69) is 15.6 Å². The van der Waals surface area contributed by atoms with Gasteiger partial charge in [0, 0.05) is 17.6 Å². The van der Waals surface area contributed by atoms with Crippen LogP contribution in [0.2, 0.25) is 0 Å². The van der Waals surface area contributed by atoms with Crippen molar-refractivity contribution in [3.05, 3.63) is 82.6 Å². The van der Waals surface area contributed by atoms with Gasteiger partial charge in [-0.25, -0.2) is 9.37 Å². The summed E-state index contributed by atoms with van der Waals surface area (Å²) in [4.78, 5) is 4.45. The van der Waals surface area contributed by atoms with Crippen molar-refractivity contribution in [1.29, 1.82) is 5.26 Å². The SMILES string of the molecule is Cc1ccnc(-n2c(C)cc(/C=C(/C#N)c3ccc(F)cc3)c2C)c1. The highest BCUT2D eigenvalue weighted by molar-refractivity contribution is 5.90. The number of allylic oxidation sites excluding steroid dienone is 1. The Kier molecular flexibility index (Phi) is 4.49. The monoisotopic (exact) mass is 331 g/mol. The lowest BCUT2D eigenvalue weighted by molar-refractivity contribution is 0.627. The fraction of sp³-hybridized carbons (Fsp3) is 0.143. The van der Waals surface area contributed by atoms with E-state index in [0.29, 0.717) is 11.1 Å². The molecular weight excluding hydrogens is 313 g/mol. The molecule has 0 saturated heterocycles. The molecule has 25 heavy (non-hydrogen) atoms. The van der Waals surface area contributed by atoms with Crippen LogP contribution in [0.1, 0.15) is 28.1 Å². The second kappa shape index (κ2) is 6.74. The van der Waals surface area contributed by atoms with Crippen molar-refractivity contribution in [2.45, 2.75) is 20.8 Å². The van der Waals surface area contributed by atoms with Crippen LogP contribution in [0, 0.1) is 37.9 Å². The summed E-state index contributed by atoms with van der Waals surface area (Å²) in [5, 5.41) is 9.50. The highest BCUT2D eigenvalue weighted by Gasteiger charge is 2.12. The Labute approximate surface area is 146 Å². The number of halogens is 1. The summed E-state index contributed by atoms with van der Waals surface area (Å²) < 4.78 is 15.2. The van der Waals surface area contributed by atoms with E-state index in [4.69, 9.17) is 0 Å². The minimum absolute atomic E-state index is 0.315. The number of aryl methyl sites for hydroxylation is 2. The quantitative estimate of drug-likeness (QED) is 0.634. The average molecular weight is 331 g/mol. The predicted octanol–water partition coefficient (Wildman–Crippen LogP) is 5.00. The Hall–Kier alpha value is -3.19. The van der Waals surface area contributed by atoms with Gasteiger partial charge in [0.25, 0.3) is 0 Å². The topological polar surface area (TPSA) is 41.6 Å². The molecule has 0 fully saturated rings. The zero-order chi connectivity index (χ0) is 18.0. The minimum Gasteiger partial charge on any atom is -0.303 e. The molecule has 124 valence electrons. The Bertz CT molecular complexity index is 989. The number of rotatable bonds is 3. The van der Waals surface area contributed by atoms with E-state index < -0.39 is 0 Å². The standard InChI is InChI=1S/C21H18FN3/c1-14-8-9-24-21(10-14)25-15(2)11-18(16(25)3)12-19(13-23)17-4-6-20(22)7-5-17/h4-12H,1-3H3/b19-12-. The van der Waals surface area contributed by atoms with Crippen molar-refractivity contribution < 1.29 is 4.39 Å². The number of hydrogen-bond donors (Lipinski definition) is 0. The molecule has 0 aliphatic rings. The molecule has 0 unspecified atom stereocenters. The van der Waals surface area contributed by atoms with E-state index in [1.807, 2.05) is 45.0 Å². The van der Waals surface area contributed by atoms with Gasteiger partial charge in [0.2, 0.25) is 0 Å². The van der Waals surface area contributed by atoms with Crippen molar-refractivity contribution >= 4 is 11.6 Å². The number of pyridine rings is 1. The first-order chi connectivity index (χ1) is 12.0. The fourth-order valence-electron chi connectivity index (χ4n) is 2.89. The van der Waals surface area contributed by atoms with Crippen molar-refractivity contribution in [1.82, 2.24) is 9.55 Å². The summed E-state index contributed by atoms with van der Waals surface area (Å²) in [6.07, 6.45) is 3.63. The molecule has 0 aliphatic heterocycles. The predicted molar refractivity (Wildman–Crippen MR) is 97.7 cm³/mol. The second-order valence-electron chi connectivity index (χ2n) is 6.03. The average Bonchev–Trinajstić information content (AvgIpc) is 2.87. The zero-order valence-electron chi connectivity index (χ0n) is 14.4. The van der Waals surface area contributed by atoms with Crippen LogP contribution in [-0.4, -0.2) is 9.55 Å². The molecule has 0 bridgehead atoms. The Morgan fingerprint density at radius 3 is 2.48 bits per heavy atom. The third-order valence-electron chi connectivity index (χ3n) is 4.18. The highest BCUT2D eigenvalue weighted by Crippen LogP contribution is 2.25. The van der Waals surface area contributed by atoms with E-state index in [-0.39, 0.29) is 5.82 Å². The van der Waals surface area contributed by atoms with Crippen LogP contribution >= 0.6 is 0 Å². The van der Waals surface area contributed by atoms with Gasteiger partial charge in [0.15, 0.2) is 0 Å². The smallest absolute Gasteiger partial charge is 0.137 e. The molecule has 3 rings (SSSR count). The molecular formula is C21H18FN3. The van der Waals surface area contributed by atoms with Crippen molar-refractivity contribution in [2.75, 3.05) is 0 Å². The summed E-state index contributed by atoms with van der Waals surface area (Å²) in [5.74, 6) is 0.541. The first-order valence-corrected chi connectivity index (χ1v) is 7.99. The van der Waals surface area contributed by atoms with Gasteiger partial charge in [-0.15, -0.1) is 0 Å². The van der Waals surface area contributed by atoms with Gasteiger partial charge in [-0.2, -0.15) is 5.26 Å². The molecule has 0 aliphatic carbocycles. The Morgan fingerprint density at radius 2 is 1.84 bits per heavy atom. The van der Waals surface area contributed by atoms with Crippen LogP contribution in [0.5, 0.6) is 0 Å². The van der Waals surface area contributed by atoms with Crippen molar-refractivity contribution in [3.63, 3.8) is 0 Å². The van der Waals surface area contributed by atoms with E-state index in [0.717, 1.165) is 28.3 Å². The van der Waals surface area contributed by atoms with E-state index in [1.165, 1.54) is 12.1 Å². The Balaban J connectivity index is 2.08. The van der Waals surface area contributed by atoms with Gasteiger partial charge < -0.3 is 4.57 Å². The van der Waals surface area contributed by atoms with Crippen LogP contribution < -0.4 is 0 Å². The summed E-state index contributed by atoms with van der Waals surface area (Å²) >= 11 is 0. The van der Waals surface area contributed by atoms with Crippen molar-refractivity contribution in [3.8, 4) is 11.9 Å². The second-order valence-corrected chi connectivity index (χ2v) is 6.03. The summed E-state index contributed by atoms with van der Waals surface area (Å²) in [6, 6.07) is 14.2. The Morgan fingerprint density at radius 1 is 1.12 bits per heavy atom. The van der Waals surface area contributed by atoms with Crippen LogP contribution in [0.3, 0.4) is 0 Å². The van der Waals surface area contributed by atoms with Gasteiger partial charge in [-0.1, -0.05) is 12.1 Å². The van der Waals surface area contributed by atoms with E-state index in [9.17, 15) is 9.65 Å². The van der Waals surface area contributed by atoms with Gasteiger partial charge >= 0.3 is 0 Å². The zero-order valence-corrected chi connectivity index (χ0v) is 14.4. The number of aromatic nitrogens is 2. The largest absolute Gasteiger partial charge is 0.303 e. The number of benzene rings is 1. The molecule has 3 aromatic rings.